The van der Waals surface area contributed by atoms with Crippen LogP contribution < -0.4 is 10.2 Å². The molecule has 23 heavy (non-hydrogen) atoms. The number of amides is 1. The van der Waals surface area contributed by atoms with Gasteiger partial charge in [-0.25, -0.2) is 0 Å². The number of anilines is 1. The van der Waals surface area contributed by atoms with Crippen LogP contribution in [0, 0.1) is 0 Å². The average molecular weight is 312 g/mol. The molecule has 0 atom stereocenters. The van der Waals surface area contributed by atoms with E-state index in [1.165, 1.54) is 30.5 Å². The van der Waals surface area contributed by atoms with Crippen LogP contribution in [0.5, 0.6) is 0 Å². The molecule has 1 aliphatic rings. The summed E-state index contributed by atoms with van der Waals surface area (Å²) < 4.78 is 5.20. The van der Waals surface area contributed by atoms with Gasteiger partial charge in [0.2, 0.25) is 5.91 Å². The highest BCUT2D eigenvalue weighted by atomic mass is 16.3. The Hall–Kier alpha value is -2.23. The molecule has 1 amide bonds. The number of hydrogen-bond donors (Lipinski definition) is 1. The fourth-order valence-electron chi connectivity index (χ4n) is 2.97. The molecule has 4 nitrogen and oxygen atoms in total. The molecule has 0 saturated carbocycles. The number of piperidine rings is 1. The average Bonchev–Trinajstić information content (AvgIpc) is 3.13. The van der Waals surface area contributed by atoms with Crippen molar-refractivity contribution < 1.29 is 9.21 Å². The predicted octanol–water partition coefficient (Wildman–Crippen LogP) is 3.52. The lowest BCUT2D eigenvalue weighted by Crippen LogP contribution is -2.29. The summed E-state index contributed by atoms with van der Waals surface area (Å²) >= 11 is 0. The first-order valence-corrected chi connectivity index (χ1v) is 8.44. The van der Waals surface area contributed by atoms with Gasteiger partial charge in [0.05, 0.1) is 12.8 Å². The second kappa shape index (κ2) is 7.86. The molecule has 0 spiro atoms. The normalized spacial score (nSPS) is 14.7. The molecule has 1 aromatic carbocycles. The second-order valence-electron chi connectivity index (χ2n) is 6.07. The lowest BCUT2D eigenvalue weighted by Gasteiger charge is -2.28. The Morgan fingerprint density at radius 2 is 1.87 bits per heavy atom. The Morgan fingerprint density at radius 3 is 2.57 bits per heavy atom. The van der Waals surface area contributed by atoms with E-state index >= 15 is 0 Å². The van der Waals surface area contributed by atoms with Gasteiger partial charge in [0, 0.05) is 25.2 Å². The molecule has 0 bridgehead atoms. The minimum atomic E-state index is 0.0570. The molecule has 1 aromatic heterocycles. The van der Waals surface area contributed by atoms with Crippen molar-refractivity contribution in [3.63, 3.8) is 0 Å². The summed E-state index contributed by atoms with van der Waals surface area (Å²) in [5, 5.41) is 2.88. The third-order valence-electron chi connectivity index (χ3n) is 4.34. The largest absolute Gasteiger partial charge is 0.467 e. The Labute approximate surface area is 137 Å². The van der Waals surface area contributed by atoms with E-state index in [1.807, 2.05) is 12.1 Å². The number of furan rings is 1. The summed E-state index contributed by atoms with van der Waals surface area (Å²) in [4.78, 5) is 14.3. The van der Waals surface area contributed by atoms with E-state index in [9.17, 15) is 4.79 Å². The van der Waals surface area contributed by atoms with Gasteiger partial charge in [0.25, 0.3) is 0 Å². The van der Waals surface area contributed by atoms with Crippen LogP contribution in [0.1, 0.15) is 37.0 Å². The number of nitrogens with zero attached hydrogens (tertiary/aromatic N) is 1. The third-order valence-corrected chi connectivity index (χ3v) is 4.34. The highest BCUT2D eigenvalue weighted by Crippen LogP contribution is 2.20. The van der Waals surface area contributed by atoms with E-state index in [0.717, 1.165) is 25.3 Å². The van der Waals surface area contributed by atoms with Crippen molar-refractivity contribution in [2.24, 2.45) is 0 Å². The van der Waals surface area contributed by atoms with Crippen molar-refractivity contribution in [2.75, 3.05) is 18.0 Å². The smallest absolute Gasteiger partial charge is 0.220 e. The molecular weight excluding hydrogens is 288 g/mol. The minimum absolute atomic E-state index is 0.0570. The highest BCUT2D eigenvalue weighted by Gasteiger charge is 2.10. The van der Waals surface area contributed by atoms with Gasteiger partial charge in [-0.15, -0.1) is 0 Å². The Balaban J connectivity index is 1.43. The first-order chi connectivity index (χ1) is 11.3. The van der Waals surface area contributed by atoms with E-state index in [4.69, 9.17) is 4.42 Å². The molecule has 1 fully saturated rings. The van der Waals surface area contributed by atoms with Crippen molar-refractivity contribution in [2.45, 2.75) is 38.6 Å². The number of aryl methyl sites for hydroxylation is 1. The quantitative estimate of drug-likeness (QED) is 0.887. The monoisotopic (exact) mass is 312 g/mol. The second-order valence-corrected chi connectivity index (χ2v) is 6.07. The van der Waals surface area contributed by atoms with Gasteiger partial charge in [-0.3, -0.25) is 4.79 Å². The Kier molecular flexibility index (Phi) is 5.35. The Morgan fingerprint density at radius 1 is 1.09 bits per heavy atom. The van der Waals surface area contributed by atoms with Gasteiger partial charge >= 0.3 is 0 Å². The predicted molar refractivity (Wildman–Crippen MR) is 91.4 cm³/mol. The topological polar surface area (TPSA) is 45.5 Å². The molecule has 0 aliphatic carbocycles. The third kappa shape index (κ3) is 4.62. The Bertz CT molecular complexity index is 599. The first kappa shape index (κ1) is 15.7. The van der Waals surface area contributed by atoms with E-state index in [-0.39, 0.29) is 5.91 Å². The maximum Gasteiger partial charge on any atom is 0.220 e. The molecule has 1 N–H and O–H groups in total. The van der Waals surface area contributed by atoms with Crippen LogP contribution in [0.2, 0.25) is 0 Å². The maximum atomic E-state index is 11.9. The van der Waals surface area contributed by atoms with E-state index in [1.54, 1.807) is 6.26 Å². The molecule has 1 aliphatic heterocycles. The minimum Gasteiger partial charge on any atom is -0.467 e. The van der Waals surface area contributed by atoms with Crippen LogP contribution in [0.25, 0.3) is 0 Å². The molecular formula is C19H24N2O2. The van der Waals surface area contributed by atoms with Crippen molar-refractivity contribution in [1.29, 1.82) is 0 Å². The number of hydrogen-bond acceptors (Lipinski definition) is 3. The van der Waals surface area contributed by atoms with Crippen LogP contribution in [-0.2, 0) is 17.8 Å². The molecule has 1 saturated heterocycles. The van der Waals surface area contributed by atoms with E-state index in [2.05, 4.69) is 34.5 Å². The van der Waals surface area contributed by atoms with Gasteiger partial charge in [0.1, 0.15) is 5.76 Å². The zero-order valence-electron chi connectivity index (χ0n) is 13.5. The fraction of sp³-hybridized carbons (Fsp3) is 0.421. The molecule has 4 heteroatoms. The van der Waals surface area contributed by atoms with Gasteiger partial charge in [-0.1, -0.05) is 12.1 Å². The molecule has 3 rings (SSSR count). The molecule has 0 unspecified atom stereocenters. The SMILES string of the molecule is O=C(CCc1ccc(N2CCCCC2)cc1)NCc1ccco1. The van der Waals surface area contributed by atoms with Gasteiger partial charge in [0.15, 0.2) is 0 Å². The number of rotatable bonds is 6. The fourth-order valence-corrected chi connectivity index (χ4v) is 2.97. The van der Waals surface area contributed by atoms with Crippen LogP contribution in [0.3, 0.4) is 0 Å². The maximum absolute atomic E-state index is 11.9. The lowest BCUT2D eigenvalue weighted by atomic mass is 10.1. The summed E-state index contributed by atoms with van der Waals surface area (Å²) in [5.74, 6) is 0.839. The molecule has 0 radical (unpaired) electrons. The van der Waals surface area contributed by atoms with Crippen molar-refractivity contribution in [3.05, 3.63) is 54.0 Å². The number of benzene rings is 1. The number of nitrogens with one attached hydrogen (secondary N) is 1. The molecule has 2 heterocycles. The summed E-state index contributed by atoms with van der Waals surface area (Å²) in [7, 11) is 0. The summed E-state index contributed by atoms with van der Waals surface area (Å²) in [5.41, 5.74) is 2.51. The van der Waals surface area contributed by atoms with Gasteiger partial charge in [-0.05, 0) is 55.5 Å². The summed E-state index contributed by atoms with van der Waals surface area (Å²) in [6, 6.07) is 12.3. The van der Waals surface area contributed by atoms with Crippen molar-refractivity contribution in [3.8, 4) is 0 Å². The lowest BCUT2D eigenvalue weighted by molar-refractivity contribution is -0.121. The van der Waals surface area contributed by atoms with Crippen LogP contribution >= 0.6 is 0 Å². The van der Waals surface area contributed by atoms with Gasteiger partial charge in [-0.2, -0.15) is 0 Å². The molecule has 2 aromatic rings. The molecule has 122 valence electrons. The zero-order chi connectivity index (χ0) is 15.9. The van der Waals surface area contributed by atoms with E-state index in [0.29, 0.717) is 13.0 Å². The first-order valence-electron chi connectivity index (χ1n) is 8.44. The van der Waals surface area contributed by atoms with Crippen LogP contribution in [0.4, 0.5) is 5.69 Å². The van der Waals surface area contributed by atoms with Gasteiger partial charge < -0.3 is 14.6 Å². The zero-order valence-corrected chi connectivity index (χ0v) is 13.5. The standard InChI is InChI=1S/C19H24N2O2/c22-19(20-15-18-5-4-14-23-18)11-8-16-6-9-17(10-7-16)21-12-2-1-3-13-21/h4-7,9-10,14H,1-3,8,11-13,15H2,(H,20,22). The summed E-state index contributed by atoms with van der Waals surface area (Å²) in [6.07, 6.45) is 6.82. The van der Waals surface area contributed by atoms with E-state index < -0.39 is 0 Å². The van der Waals surface area contributed by atoms with Crippen LogP contribution in [-0.4, -0.2) is 19.0 Å². The number of carbonyl (C=O) groups excluding carboxylic acids is 1. The highest BCUT2D eigenvalue weighted by molar-refractivity contribution is 5.76. The van der Waals surface area contributed by atoms with Crippen molar-refractivity contribution in [1.82, 2.24) is 5.32 Å². The summed E-state index contributed by atoms with van der Waals surface area (Å²) in [6.45, 7) is 2.78. The van der Waals surface area contributed by atoms with Crippen LogP contribution in [0.15, 0.2) is 47.1 Å². The number of carbonyl (C=O) groups is 1. The van der Waals surface area contributed by atoms with Crippen molar-refractivity contribution >= 4 is 11.6 Å².